The molecule has 1 unspecified atom stereocenters. The zero-order valence-electron chi connectivity index (χ0n) is 15.6. The first-order chi connectivity index (χ1) is 13.6. The SMILES string of the molecule is OC(CNCC1=Cc2cc(Cl)cc(Cl)c2OC1)CN1CCc2ccccc2C1. The second-order valence-corrected chi connectivity index (χ2v) is 8.28. The Balaban J connectivity index is 1.26. The highest BCUT2D eigenvalue weighted by molar-refractivity contribution is 6.36. The topological polar surface area (TPSA) is 44.7 Å². The molecule has 0 bridgehead atoms. The number of aliphatic hydroxyl groups excluding tert-OH is 1. The van der Waals surface area contributed by atoms with E-state index in [0.717, 1.165) is 30.6 Å². The van der Waals surface area contributed by atoms with Gasteiger partial charge in [0.25, 0.3) is 0 Å². The van der Waals surface area contributed by atoms with Gasteiger partial charge in [0.1, 0.15) is 12.4 Å². The normalized spacial score (nSPS) is 17.3. The van der Waals surface area contributed by atoms with Crippen LogP contribution in [0.1, 0.15) is 16.7 Å². The molecular formula is C22H24Cl2N2O2. The molecule has 0 amide bonds. The van der Waals surface area contributed by atoms with Crippen LogP contribution in [0.5, 0.6) is 5.75 Å². The summed E-state index contributed by atoms with van der Waals surface area (Å²) in [5.74, 6) is 0.681. The maximum Gasteiger partial charge on any atom is 0.145 e. The van der Waals surface area contributed by atoms with E-state index in [0.29, 0.717) is 42.0 Å². The minimum Gasteiger partial charge on any atom is -0.487 e. The largest absolute Gasteiger partial charge is 0.487 e. The van der Waals surface area contributed by atoms with Crippen molar-refractivity contribution >= 4 is 29.3 Å². The summed E-state index contributed by atoms with van der Waals surface area (Å²) in [4.78, 5) is 2.32. The molecule has 2 aliphatic heterocycles. The van der Waals surface area contributed by atoms with Crippen LogP contribution < -0.4 is 10.1 Å². The Morgan fingerprint density at radius 1 is 1.18 bits per heavy atom. The number of ether oxygens (including phenoxy) is 1. The van der Waals surface area contributed by atoms with Crippen LogP contribution in [0.4, 0.5) is 0 Å². The van der Waals surface area contributed by atoms with Gasteiger partial charge in [-0.3, -0.25) is 4.90 Å². The Morgan fingerprint density at radius 3 is 2.86 bits per heavy atom. The molecule has 148 valence electrons. The van der Waals surface area contributed by atoms with Gasteiger partial charge in [-0.15, -0.1) is 0 Å². The van der Waals surface area contributed by atoms with Crippen molar-refractivity contribution in [3.63, 3.8) is 0 Å². The molecule has 0 saturated heterocycles. The molecule has 0 aliphatic carbocycles. The summed E-state index contributed by atoms with van der Waals surface area (Å²) in [5.41, 5.74) is 4.79. The zero-order valence-corrected chi connectivity index (χ0v) is 17.1. The molecule has 4 rings (SSSR count). The van der Waals surface area contributed by atoms with Crippen molar-refractivity contribution in [3.8, 4) is 5.75 Å². The summed E-state index contributed by atoms with van der Waals surface area (Å²) in [6, 6.07) is 12.1. The highest BCUT2D eigenvalue weighted by atomic mass is 35.5. The van der Waals surface area contributed by atoms with E-state index >= 15 is 0 Å². The van der Waals surface area contributed by atoms with Crippen LogP contribution in [0.15, 0.2) is 42.0 Å². The van der Waals surface area contributed by atoms with Crippen molar-refractivity contribution in [2.24, 2.45) is 0 Å². The molecule has 0 aromatic heterocycles. The van der Waals surface area contributed by atoms with Crippen molar-refractivity contribution in [1.29, 1.82) is 0 Å². The fraction of sp³-hybridized carbons (Fsp3) is 0.364. The molecule has 2 aromatic carbocycles. The lowest BCUT2D eigenvalue weighted by Crippen LogP contribution is -2.41. The Kier molecular flexibility index (Phi) is 6.24. The van der Waals surface area contributed by atoms with E-state index < -0.39 is 6.10 Å². The molecule has 0 saturated carbocycles. The molecular weight excluding hydrogens is 395 g/mol. The van der Waals surface area contributed by atoms with Crippen molar-refractivity contribution in [1.82, 2.24) is 10.2 Å². The summed E-state index contributed by atoms with van der Waals surface area (Å²) in [6.07, 6.45) is 2.69. The second kappa shape index (κ2) is 8.85. The molecule has 28 heavy (non-hydrogen) atoms. The van der Waals surface area contributed by atoms with Gasteiger partial charge in [-0.25, -0.2) is 0 Å². The Labute approximate surface area is 175 Å². The van der Waals surface area contributed by atoms with Gasteiger partial charge in [-0.1, -0.05) is 47.5 Å². The van der Waals surface area contributed by atoms with Gasteiger partial charge in [0.05, 0.1) is 11.1 Å². The number of hydrogen-bond acceptors (Lipinski definition) is 4. The Hall–Kier alpha value is -1.56. The highest BCUT2D eigenvalue weighted by Gasteiger charge is 2.19. The lowest BCUT2D eigenvalue weighted by molar-refractivity contribution is 0.105. The maximum absolute atomic E-state index is 10.4. The second-order valence-electron chi connectivity index (χ2n) is 7.44. The predicted molar refractivity (Wildman–Crippen MR) is 114 cm³/mol. The van der Waals surface area contributed by atoms with Gasteiger partial charge in [0.15, 0.2) is 0 Å². The third-order valence-corrected chi connectivity index (χ3v) is 5.71. The van der Waals surface area contributed by atoms with E-state index in [1.807, 2.05) is 6.07 Å². The minimum absolute atomic E-state index is 0.411. The van der Waals surface area contributed by atoms with Crippen LogP contribution in [0.25, 0.3) is 6.08 Å². The van der Waals surface area contributed by atoms with Crippen molar-refractivity contribution in [2.45, 2.75) is 19.1 Å². The van der Waals surface area contributed by atoms with Gasteiger partial charge in [-0.05, 0) is 41.3 Å². The number of aliphatic hydroxyl groups is 1. The van der Waals surface area contributed by atoms with Gasteiger partial charge < -0.3 is 15.2 Å². The lowest BCUT2D eigenvalue weighted by Gasteiger charge is -2.30. The number of halogens is 2. The smallest absolute Gasteiger partial charge is 0.145 e. The number of nitrogens with one attached hydrogen (secondary N) is 1. The van der Waals surface area contributed by atoms with E-state index in [1.54, 1.807) is 6.07 Å². The number of β-amino-alcohol motifs (C(OH)–C–C–N with tert-alkyl or cyclic N) is 1. The van der Waals surface area contributed by atoms with E-state index in [1.165, 1.54) is 11.1 Å². The van der Waals surface area contributed by atoms with Gasteiger partial charge in [-0.2, -0.15) is 0 Å². The molecule has 2 N–H and O–H groups in total. The fourth-order valence-electron chi connectivity index (χ4n) is 3.84. The first kappa shape index (κ1) is 19.7. The van der Waals surface area contributed by atoms with Crippen LogP contribution in [-0.2, 0) is 13.0 Å². The minimum atomic E-state index is -0.411. The Bertz CT molecular complexity index is 885. The van der Waals surface area contributed by atoms with Crippen molar-refractivity contribution in [3.05, 3.63) is 68.7 Å². The molecule has 2 heterocycles. The van der Waals surface area contributed by atoms with E-state index in [2.05, 4.69) is 40.6 Å². The standard InChI is InChI=1S/C22H24Cl2N2O2/c23-19-8-18-7-15(14-28-22(18)21(24)9-19)10-25-11-20(27)13-26-6-5-16-3-1-2-4-17(16)12-26/h1-4,7-9,20,25,27H,5-6,10-14H2. The lowest BCUT2D eigenvalue weighted by atomic mass is 10.00. The first-order valence-corrected chi connectivity index (χ1v) is 10.3. The molecule has 0 spiro atoms. The Morgan fingerprint density at radius 2 is 2.00 bits per heavy atom. The maximum atomic E-state index is 10.4. The number of nitrogens with zero attached hydrogens (tertiary/aromatic N) is 1. The molecule has 0 radical (unpaired) electrons. The highest BCUT2D eigenvalue weighted by Crippen LogP contribution is 2.36. The summed E-state index contributed by atoms with van der Waals surface area (Å²) < 4.78 is 5.76. The monoisotopic (exact) mass is 418 g/mol. The molecule has 1 atom stereocenters. The van der Waals surface area contributed by atoms with E-state index in [9.17, 15) is 5.11 Å². The quantitative estimate of drug-likeness (QED) is 0.748. The summed E-state index contributed by atoms with van der Waals surface area (Å²) >= 11 is 12.3. The van der Waals surface area contributed by atoms with Crippen LogP contribution in [0.3, 0.4) is 0 Å². The number of fused-ring (bicyclic) bond motifs is 2. The summed E-state index contributed by atoms with van der Waals surface area (Å²) in [7, 11) is 0. The number of benzene rings is 2. The summed E-state index contributed by atoms with van der Waals surface area (Å²) in [6.45, 7) is 4.25. The van der Waals surface area contributed by atoms with Crippen LogP contribution in [-0.4, -0.2) is 48.9 Å². The zero-order chi connectivity index (χ0) is 19.5. The van der Waals surface area contributed by atoms with Crippen LogP contribution in [0.2, 0.25) is 10.0 Å². The predicted octanol–water partition coefficient (Wildman–Crippen LogP) is 3.78. The van der Waals surface area contributed by atoms with Crippen molar-refractivity contribution < 1.29 is 9.84 Å². The van der Waals surface area contributed by atoms with Gasteiger partial charge in [0.2, 0.25) is 0 Å². The van der Waals surface area contributed by atoms with E-state index in [4.69, 9.17) is 27.9 Å². The van der Waals surface area contributed by atoms with Gasteiger partial charge >= 0.3 is 0 Å². The first-order valence-electron chi connectivity index (χ1n) is 9.57. The molecule has 2 aromatic rings. The van der Waals surface area contributed by atoms with E-state index in [-0.39, 0.29) is 0 Å². The molecule has 2 aliphatic rings. The van der Waals surface area contributed by atoms with Gasteiger partial charge in [0, 0.05) is 43.3 Å². The average Bonchev–Trinajstić information content (AvgIpc) is 2.67. The third kappa shape index (κ3) is 4.70. The fourth-order valence-corrected chi connectivity index (χ4v) is 4.40. The number of rotatable bonds is 6. The third-order valence-electron chi connectivity index (χ3n) is 5.21. The summed E-state index contributed by atoms with van der Waals surface area (Å²) in [5, 5.41) is 14.9. The average molecular weight is 419 g/mol. The number of hydrogen-bond donors (Lipinski definition) is 2. The van der Waals surface area contributed by atoms with Crippen LogP contribution >= 0.6 is 23.2 Å². The van der Waals surface area contributed by atoms with Crippen LogP contribution in [0, 0.1) is 0 Å². The molecule has 6 heteroatoms. The molecule has 4 nitrogen and oxygen atoms in total. The molecule has 0 fully saturated rings. The van der Waals surface area contributed by atoms with Crippen molar-refractivity contribution in [2.75, 3.05) is 32.8 Å².